The fraction of sp³-hybridized carbons (Fsp3) is 0.467. The summed E-state index contributed by atoms with van der Waals surface area (Å²) in [6, 6.07) is 7.23. The molecule has 3 N–H and O–H groups in total. The molecule has 0 aromatic heterocycles. The van der Waals surface area contributed by atoms with Crippen LogP contribution in [0.2, 0.25) is 0 Å². The minimum absolute atomic E-state index is 0.0702. The maximum absolute atomic E-state index is 11.9. The predicted octanol–water partition coefficient (Wildman–Crippen LogP) is 2.09. The molecule has 0 radical (unpaired) electrons. The van der Waals surface area contributed by atoms with Crippen molar-refractivity contribution in [3.63, 3.8) is 0 Å². The molecular formula is C15H22N2O3S. The number of ether oxygens (including phenoxy) is 2. The molecule has 0 unspecified atom stereocenters. The number of anilines is 1. The second kappa shape index (κ2) is 10.3. The van der Waals surface area contributed by atoms with E-state index in [-0.39, 0.29) is 10.9 Å². The highest BCUT2D eigenvalue weighted by molar-refractivity contribution is 7.80. The van der Waals surface area contributed by atoms with Gasteiger partial charge in [-0.3, -0.25) is 4.79 Å². The minimum atomic E-state index is -0.0702. The molecule has 1 aromatic carbocycles. The van der Waals surface area contributed by atoms with Gasteiger partial charge < -0.3 is 20.5 Å². The molecule has 0 bridgehead atoms. The third-order valence-corrected chi connectivity index (χ3v) is 3.02. The molecule has 0 saturated heterocycles. The molecule has 5 nitrogen and oxygen atoms in total. The SMILES string of the molecule is COCCCOCCCC(=O)Nc1ccccc1C(N)=S. The van der Waals surface area contributed by atoms with Gasteiger partial charge >= 0.3 is 0 Å². The molecule has 1 amide bonds. The van der Waals surface area contributed by atoms with E-state index in [1.165, 1.54) is 0 Å². The van der Waals surface area contributed by atoms with Crippen molar-refractivity contribution in [1.29, 1.82) is 0 Å². The van der Waals surface area contributed by atoms with Crippen molar-refractivity contribution in [2.75, 3.05) is 32.2 Å². The van der Waals surface area contributed by atoms with Gasteiger partial charge in [-0.2, -0.15) is 0 Å². The lowest BCUT2D eigenvalue weighted by atomic mass is 10.1. The Bertz CT molecular complexity index is 466. The molecule has 1 aromatic rings. The van der Waals surface area contributed by atoms with E-state index < -0.39 is 0 Å². The van der Waals surface area contributed by atoms with Gasteiger partial charge in [-0.1, -0.05) is 24.4 Å². The molecule has 0 heterocycles. The second-order valence-electron chi connectivity index (χ2n) is 4.52. The Kier molecular flexibility index (Phi) is 8.57. The molecule has 21 heavy (non-hydrogen) atoms. The first kappa shape index (κ1) is 17.6. The van der Waals surface area contributed by atoms with Crippen LogP contribution in [-0.2, 0) is 14.3 Å². The van der Waals surface area contributed by atoms with Gasteiger partial charge in [-0.05, 0) is 25.0 Å². The molecule has 0 fully saturated rings. The summed E-state index contributed by atoms with van der Waals surface area (Å²) in [5, 5.41) is 2.82. The summed E-state index contributed by atoms with van der Waals surface area (Å²) in [6.07, 6.45) is 1.94. The Morgan fingerprint density at radius 2 is 1.95 bits per heavy atom. The number of nitrogens with two attached hydrogens (primary N) is 1. The number of carbonyl (C=O) groups is 1. The summed E-state index contributed by atoms with van der Waals surface area (Å²) >= 11 is 4.96. The van der Waals surface area contributed by atoms with E-state index in [9.17, 15) is 4.79 Å². The number of carbonyl (C=O) groups excluding carboxylic acids is 1. The second-order valence-corrected chi connectivity index (χ2v) is 4.96. The van der Waals surface area contributed by atoms with Crippen LogP contribution in [0.15, 0.2) is 24.3 Å². The maximum Gasteiger partial charge on any atom is 0.224 e. The first-order valence-electron chi connectivity index (χ1n) is 6.90. The molecule has 116 valence electrons. The molecular weight excluding hydrogens is 288 g/mol. The van der Waals surface area contributed by atoms with Crippen LogP contribution in [0.3, 0.4) is 0 Å². The lowest BCUT2D eigenvalue weighted by Gasteiger charge is -2.10. The predicted molar refractivity (Wildman–Crippen MR) is 87.5 cm³/mol. The van der Waals surface area contributed by atoms with Crippen LogP contribution < -0.4 is 11.1 Å². The van der Waals surface area contributed by atoms with Gasteiger partial charge in [0.25, 0.3) is 0 Å². The topological polar surface area (TPSA) is 73.6 Å². The van der Waals surface area contributed by atoms with E-state index in [0.717, 1.165) is 6.42 Å². The number of hydrogen-bond donors (Lipinski definition) is 2. The first-order chi connectivity index (χ1) is 10.1. The number of hydrogen-bond acceptors (Lipinski definition) is 4. The number of thiocarbonyl (C=S) groups is 1. The quantitative estimate of drug-likeness (QED) is 0.511. The van der Waals surface area contributed by atoms with Gasteiger partial charge in [-0.15, -0.1) is 0 Å². The number of rotatable bonds is 10. The van der Waals surface area contributed by atoms with Crippen LogP contribution in [0.25, 0.3) is 0 Å². The van der Waals surface area contributed by atoms with Crippen molar-refractivity contribution in [3.05, 3.63) is 29.8 Å². The summed E-state index contributed by atoms with van der Waals surface area (Å²) in [5.41, 5.74) is 6.95. The zero-order valence-electron chi connectivity index (χ0n) is 12.3. The number of methoxy groups -OCH3 is 1. The fourth-order valence-electron chi connectivity index (χ4n) is 1.76. The van der Waals surface area contributed by atoms with E-state index in [1.807, 2.05) is 12.1 Å². The van der Waals surface area contributed by atoms with Crippen LogP contribution in [-0.4, -0.2) is 37.8 Å². The minimum Gasteiger partial charge on any atom is -0.389 e. The summed E-state index contributed by atoms with van der Waals surface area (Å²) in [4.78, 5) is 12.1. The van der Waals surface area contributed by atoms with Gasteiger partial charge in [0, 0.05) is 38.9 Å². The van der Waals surface area contributed by atoms with E-state index in [2.05, 4.69) is 5.32 Å². The first-order valence-corrected chi connectivity index (χ1v) is 7.31. The van der Waals surface area contributed by atoms with E-state index >= 15 is 0 Å². The van der Waals surface area contributed by atoms with Gasteiger partial charge in [0.15, 0.2) is 0 Å². The van der Waals surface area contributed by atoms with Crippen molar-refractivity contribution in [3.8, 4) is 0 Å². The van der Waals surface area contributed by atoms with Crippen molar-refractivity contribution < 1.29 is 14.3 Å². The molecule has 0 spiro atoms. The van der Waals surface area contributed by atoms with Gasteiger partial charge in [0.2, 0.25) is 5.91 Å². The molecule has 6 heteroatoms. The van der Waals surface area contributed by atoms with Crippen molar-refractivity contribution in [2.45, 2.75) is 19.3 Å². The van der Waals surface area contributed by atoms with Crippen LogP contribution in [0.1, 0.15) is 24.8 Å². The zero-order valence-corrected chi connectivity index (χ0v) is 13.1. The zero-order chi connectivity index (χ0) is 15.5. The Labute approximate surface area is 130 Å². The summed E-state index contributed by atoms with van der Waals surface area (Å²) in [7, 11) is 1.66. The third-order valence-electron chi connectivity index (χ3n) is 2.80. The van der Waals surface area contributed by atoms with Crippen molar-refractivity contribution in [2.24, 2.45) is 5.73 Å². The molecule has 1 rings (SSSR count). The number of benzene rings is 1. The molecule has 0 aliphatic carbocycles. The molecule has 0 atom stereocenters. The van der Waals surface area contributed by atoms with E-state index in [0.29, 0.717) is 43.9 Å². The van der Waals surface area contributed by atoms with Crippen molar-refractivity contribution >= 4 is 28.8 Å². The number of nitrogens with one attached hydrogen (secondary N) is 1. The standard InChI is InChI=1S/C15H22N2O3S/c1-19-9-5-11-20-10-4-8-14(18)17-13-7-3-2-6-12(13)15(16)21/h2-3,6-7H,4-5,8-11H2,1H3,(H2,16,21)(H,17,18). The van der Waals surface area contributed by atoms with Crippen LogP contribution in [0.4, 0.5) is 5.69 Å². The highest BCUT2D eigenvalue weighted by Crippen LogP contribution is 2.15. The van der Waals surface area contributed by atoms with Crippen molar-refractivity contribution in [1.82, 2.24) is 0 Å². The van der Waals surface area contributed by atoms with Crippen LogP contribution in [0, 0.1) is 0 Å². The van der Waals surface area contributed by atoms with Gasteiger partial charge in [-0.25, -0.2) is 0 Å². The van der Waals surface area contributed by atoms with Gasteiger partial charge in [0.1, 0.15) is 4.99 Å². The molecule has 0 saturated carbocycles. The van der Waals surface area contributed by atoms with E-state index in [4.69, 9.17) is 27.4 Å². The monoisotopic (exact) mass is 310 g/mol. The Hall–Kier alpha value is -1.50. The molecule has 0 aliphatic heterocycles. The Morgan fingerprint density at radius 3 is 2.67 bits per heavy atom. The highest BCUT2D eigenvalue weighted by Gasteiger charge is 2.07. The smallest absolute Gasteiger partial charge is 0.224 e. The van der Waals surface area contributed by atoms with Crippen LogP contribution >= 0.6 is 12.2 Å². The lowest BCUT2D eigenvalue weighted by molar-refractivity contribution is -0.116. The van der Waals surface area contributed by atoms with Crippen LogP contribution in [0.5, 0.6) is 0 Å². The normalized spacial score (nSPS) is 10.3. The van der Waals surface area contributed by atoms with Gasteiger partial charge in [0.05, 0.1) is 5.69 Å². The Morgan fingerprint density at radius 1 is 1.24 bits per heavy atom. The summed E-state index contributed by atoms with van der Waals surface area (Å²) in [6.45, 7) is 1.91. The van der Waals surface area contributed by atoms with E-state index in [1.54, 1.807) is 19.2 Å². The highest BCUT2D eigenvalue weighted by atomic mass is 32.1. The summed E-state index contributed by atoms with van der Waals surface area (Å²) in [5.74, 6) is -0.0702. The lowest BCUT2D eigenvalue weighted by Crippen LogP contribution is -2.17. The number of para-hydroxylation sites is 1. The average molecular weight is 310 g/mol. The average Bonchev–Trinajstić information content (AvgIpc) is 2.46. The fourth-order valence-corrected chi connectivity index (χ4v) is 1.94. The largest absolute Gasteiger partial charge is 0.389 e. The number of amides is 1. The Balaban J connectivity index is 2.27. The maximum atomic E-state index is 11.9. The molecule has 0 aliphatic rings. The third kappa shape index (κ3) is 7.17. The summed E-state index contributed by atoms with van der Waals surface area (Å²) < 4.78 is 10.3.